The molecule has 0 radical (unpaired) electrons. The lowest BCUT2D eigenvalue weighted by Crippen LogP contribution is -3.13. The number of carbonyl (C=O) groups excluding carboxylic acids is 1. The van der Waals surface area contributed by atoms with Gasteiger partial charge in [0, 0.05) is 53.8 Å². The van der Waals surface area contributed by atoms with Crippen molar-refractivity contribution in [1.29, 1.82) is 0 Å². The maximum Gasteiger partial charge on any atom is 0.279 e. The first-order chi connectivity index (χ1) is 15.4. The van der Waals surface area contributed by atoms with Gasteiger partial charge in [-0.05, 0) is 24.6 Å². The summed E-state index contributed by atoms with van der Waals surface area (Å²) >= 11 is 0. The van der Waals surface area contributed by atoms with Gasteiger partial charge in [0.05, 0.1) is 27.2 Å². The molecule has 168 valence electrons. The summed E-state index contributed by atoms with van der Waals surface area (Å²) in [7, 11) is 5.96. The first kappa shape index (κ1) is 21.0. The van der Waals surface area contributed by atoms with Gasteiger partial charge in [0.15, 0.2) is 6.54 Å². The number of anilines is 1. The number of likely N-dealkylation sites (tertiary alicyclic amines) is 1. The van der Waals surface area contributed by atoms with Crippen LogP contribution in [0.1, 0.15) is 23.6 Å². The summed E-state index contributed by atoms with van der Waals surface area (Å²) in [5.74, 6) is 0.751. The number of aryl methyl sites for hydroxylation is 1. The average Bonchev–Trinajstić information content (AvgIpc) is 3.05. The maximum atomic E-state index is 13.1. The van der Waals surface area contributed by atoms with Crippen LogP contribution in [0.2, 0.25) is 0 Å². The third kappa shape index (κ3) is 3.87. The first-order valence-corrected chi connectivity index (χ1v) is 11.6. The highest BCUT2D eigenvalue weighted by atomic mass is 16.2. The molecule has 1 aromatic carbocycles. The number of para-hydroxylation sites is 1. The van der Waals surface area contributed by atoms with E-state index in [1.165, 1.54) is 16.5 Å². The van der Waals surface area contributed by atoms with Crippen LogP contribution >= 0.6 is 0 Å². The molecular weight excluding hydrogens is 402 g/mol. The summed E-state index contributed by atoms with van der Waals surface area (Å²) in [6.07, 6.45) is 3.42. The van der Waals surface area contributed by atoms with Gasteiger partial charge in [0.1, 0.15) is 12.2 Å². The summed E-state index contributed by atoms with van der Waals surface area (Å²) in [6.45, 7) is 4.21. The number of benzene rings is 1. The van der Waals surface area contributed by atoms with Gasteiger partial charge in [-0.1, -0.05) is 18.2 Å². The molecule has 2 aliphatic rings. The highest BCUT2D eigenvalue weighted by Gasteiger charge is 2.37. The van der Waals surface area contributed by atoms with Crippen LogP contribution in [-0.4, -0.2) is 48.8 Å². The van der Waals surface area contributed by atoms with E-state index in [4.69, 9.17) is 0 Å². The van der Waals surface area contributed by atoms with Crippen molar-refractivity contribution < 1.29 is 14.6 Å². The average molecular weight is 436 g/mol. The summed E-state index contributed by atoms with van der Waals surface area (Å²) in [4.78, 5) is 27.9. The molecule has 0 saturated carbocycles. The predicted molar refractivity (Wildman–Crippen MR) is 125 cm³/mol. The monoisotopic (exact) mass is 435 g/mol. The molecular formula is C25H33N5O2+2. The fourth-order valence-corrected chi connectivity index (χ4v) is 5.76. The van der Waals surface area contributed by atoms with E-state index in [0.29, 0.717) is 24.1 Å². The molecule has 7 nitrogen and oxygen atoms in total. The zero-order valence-electron chi connectivity index (χ0n) is 19.1. The fourth-order valence-electron chi connectivity index (χ4n) is 5.76. The van der Waals surface area contributed by atoms with Gasteiger partial charge in [-0.2, -0.15) is 0 Å². The number of pyridine rings is 1. The molecule has 1 fully saturated rings. The van der Waals surface area contributed by atoms with E-state index in [9.17, 15) is 9.59 Å². The van der Waals surface area contributed by atoms with E-state index in [-0.39, 0.29) is 11.5 Å². The lowest BCUT2D eigenvalue weighted by molar-refractivity contribution is -0.924. The predicted octanol–water partition coefficient (Wildman–Crippen LogP) is -0.375. The largest absolute Gasteiger partial charge is 0.350 e. The number of rotatable bonds is 5. The number of amides is 1. The van der Waals surface area contributed by atoms with Crippen LogP contribution in [0, 0.1) is 5.92 Å². The summed E-state index contributed by atoms with van der Waals surface area (Å²) < 4.78 is 4.14. The Morgan fingerprint density at radius 3 is 2.81 bits per heavy atom. The Balaban J connectivity index is 1.36. The minimum atomic E-state index is -0.121. The number of fused-ring (bicyclic) bond motifs is 5. The molecule has 5 rings (SSSR count). The van der Waals surface area contributed by atoms with Crippen molar-refractivity contribution in [3.8, 4) is 0 Å². The zero-order valence-corrected chi connectivity index (χ0v) is 19.1. The van der Waals surface area contributed by atoms with Crippen molar-refractivity contribution in [2.24, 2.45) is 13.0 Å². The van der Waals surface area contributed by atoms with Gasteiger partial charge < -0.3 is 24.3 Å². The van der Waals surface area contributed by atoms with Gasteiger partial charge in [-0.3, -0.25) is 9.59 Å². The van der Waals surface area contributed by atoms with E-state index >= 15 is 0 Å². The Morgan fingerprint density at radius 1 is 1.19 bits per heavy atom. The van der Waals surface area contributed by atoms with Crippen molar-refractivity contribution in [2.45, 2.75) is 25.4 Å². The second kappa shape index (κ2) is 8.22. The van der Waals surface area contributed by atoms with Crippen LogP contribution in [0.3, 0.4) is 0 Å². The number of likely N-dealkylation sites (N-methyl/N-ethyl adjacent to an activating group) is 1. The number of nitrogens with one attached hydrogen (secondary N) is 3. The summed E-state index contributed by atoms with van der Waals surface area (Å²) in [5.41, 5.74) is 4.15. The number of aromatic nitrogens is 2. The molecule has 3 aromatic rings. The Bertz CT molecular complexity index is 1220. The quantitative estimate of drug-likeness (QED) is 0.512. The van der Waals surface area contributed by atoms with Crippen molar-refractivity contribution in [1.82, 2.24) is 9.13 Å². The second-order valence-corrected chi connectivity index (χ2v) is 9.94. The number of carbonyl (C=O) groups is 1. The van der Waals surface area contributed by atoms with E-state index < -0.39 is 0 Å². The molecule has 2 aromatic heterocycles. The Morgan fingerprint density at radius 2 is 2.00 bits per heavy atom. The van der Waals surface area contributed by atoms with Crippen molar-refractivity contribution in [3.05, 3.63) is 64.2 Å². The third-order valence-corrected chi connectivity index (χ3v) is 7.01. The Hall–Kier alpha value is -2.90. The molecule has 32 heavy (non-hydrogen) atoms. The van der Waals surface area contributed by atoms with Gasteiger partial charge in [0.2, 0.25) is 0 Å². The molecule has 7 heteroatoms. The van der Waals surface area contributed by atoms with Crippen molar-refractivity contribution >= 4 is 22.5 Å². The molecule has 1 unspecified atom stereocenters. The molecule has 3 atom stereocenters. The lowest BCUT2D eigenvalue weighted by Gasteiger charge is -2.40. The van der Waals surface area contributed by atoms with Crippen LogP contribution in [0.5, 0.6) is 0 Å². The molecule has 3 N–H and O–H groups in total. The highest BCUT2D eigenvalue weighted by Crippen LogP contribution is 2.31. The fraction of sp³-hybridized carbons (Fsp3) is 0.440. The van der Waals surface area contributed by atoms with Gasteiger partial charge in [0.25, 0.3) is 11.5 Å². The zero-order chi connectivity index (χ0) is 22.4. The van der Waals surface area contributed by atoms with Crippen molar-refractivity contribution in [3.63, 3.8) is 0 Å². The van der Waals surface area contributed by atoms with E-state index in [1.54, 1.807) is 11.0 Å². The topological polar surface area (TPSA) is 64.9 Å². The van der Waals surface area contributed by atoms with Gasteiger partial charge >= 0.3 is 0 Å². The molecule has 0 aliphatic carbocycles. The molecule has 1 saturated heterocycles. The van der Waals surface area contributed by atoms with E-state index in [0.717, 1.165) is 43.2 Å². The Kier molecular flexibility index (Phi) is 5.39. The molecule has 4 heterocycles. The second-order valence-electron chi connectivity index (χ2n) is 9.94. The number of hydrogen-bond acceptors (Lipinski definition) is 2. The number of hydrogen-bond donors (Lipinski definition) is 3. The van der Waals surface area contributed by atoms with Crippen molar-refractivity contribution in [2.75, 3.05) is 39.0 Å². The first-order valence-electron chi connectivity index (χ1n) is 11.6. The smallest absolute Gasteiger partial charge is 0.279 e. The number of nitrogens with zero attached hydrogens (tertiary/aromatic N) is 2. The van der Waals surface area contributed by atoms with Gasteiger partial charge in [-0.25, -0.2) is 0 Å². The molecule has 1 amide bonds. The summed E-state index contributed by atoms with van der Waals surface area (Å²) in [6, 6.07) is 12.5. The Labute approximate surface area is 188 Å². The van der Waals surface area contributed by atoms with Crippen LogP contribution in [0.25, 0.3) is 10.9 Å². The summed E-state index contributed by atoms with van der Waals surface area (Å²) in [5, 5.41) is 4.16. The third-order valence-electron chi connectivity index (χ3n) is 7.01. The highest BCUT2D eigenvalue weighted by molar-refractivity contribution is 5.91. The minimum Gasteiger partial charge on any atom is -0.350 e. The van der Waals surface area contributed by atoms with Gasteiger partial charge in [-0.15, -0.1) is 0 Å². The normalized spacial score (nSPS) is 22.2. The maximum absolute atomic E-state index is 13.1. The number of quaternary nitrogens is 2. The van der Waals surface area contributed by atoms with Crippen LogP contribution in [0.15, 0.2) is 47.4 Å². The number of piperidine rings is 1. The SMILES string of the molecule is Cn1cc(C[NH+]2C[C@@H]3C[C@H](C2)c2ccc(NC(=O)C[NH+](C)C)c(=O)n2C3)c2ccccc21. The molecule has 2 bridgehead atoms. The minimum absolute atomic E-state index is 0.0585. The van der Waals surface area contributed by atoms with E-state index in [2.05, 4.69) is 53.5 Å². The van der Waals surface area contributed by atoms with Crippen LogP contribution in [-0.2, 0) is 24.9 Å². The van der Waals surface area contributed by atoms with Crippen LogP contribution in [0.4, 0.5) is 5.69 Å². The van der Waals surface area contributed by atoms with Crippen LogP contribution < -0.4 is 20.7 Å². The van der Waals surface area contributed by atoms with E-state index in [1.807, 2.05) is 18.7 Å². The standard InChI is InChI=1S/C25H31N5O2/c1-27(2)16-24(31)26-21-8-9-22-18-10-17(12-30(22)25(21)32)11-29(14-18)15-19-13-28(3)23-7-5-4-6-20(19)23/h4-9,13,17-18H,10-12,14-16H2,1-3H3,(H,26,31)/p+2/t17-,18+/m0/s1. The molecule has 2 aliphatic heterocycles. The molecule has 0 spiro atoms. The lowest BCUT2D eigenvalue weighted by atomic mass is 9.83.